The van der Waals surface area contributed by atoms with Crippen molar-refractivity contribution in [3.8, 4) is 0 Å². The number of hydrogen-bond acceptors (Lipinski definition) is 1. The third-order valence-electron chi connectivity index (χ3n) is 3.04. The first-order chi connectivity index (χ1) is 9.77. The van der Waals surface area contributed by atoms with Crippen LogP contribution in [0.15, 0.2) is 36.5 Å². The summed E-state index contributed by atoms with van der Waals surface area (Å²) in [5, 5.41) is 8.50. The van der Waals surface area contributed by atoms with Gasteiger partial charge in [0, 0.05) is 6.42 Å². The molecule has 0 unspecified atom stereocenters. The predicted molar refractivity (Wildman–Crippen MR) is 90.5 cm³/mol. The Balaban J connectivity index is 0. The number of carbonyl (C=O) groups is 1. The average Bonchev–Trinajstić information content (AvgIpc) is 2.43. The molecule has 0 amide bonds. The minimum Gasteiger partial charge on any atom is -0.481 e. The highest BCUT2D eigenvalue weighted by molar-refractivity contribution is 5.66. The number of hydrogen-bond donors (Lipinski definition) is 1. The first-order valence-corrected chi connectivity index (χ1v) is 7.94. The van der Waals surface area contributed by atoms with E-state index in [1.54, 1.807) is 0 Å². The molecule has 0 saturated carbocycles. The standard InChI is InChI=1S/C18H30O2.H2O/c1-2-3-4-5-6-7-8-9-10-11-12-13-14-15-16-17-18(19)20;/h3-4,6-7,9-10H,2,5,8,11-17H2,1H3,(H,19,20);1H2/b4-3-,7-6-,10-9-;. The lowest BCUT2D eigenvalue weighted by Crippen LogP contribution is -1.93. The van der Waals surface area contributed by atoms with Gasteiger partial charge in [-0.1, -0.05) is 62.6 Å². The second kappa shape index (κ2) is 18.7. The molecule has 0 radical (unpaired) electrons. The molecule has 0 fully saturated rings. The van der Waals surface area contributed by atoms with Crippen LogP contribution in [0.3, 0.4) is 0 Å². The van der Waals surface area contributed by atoms with Crippen molar-refractivity contribution in [3.63, 3.8) is 0 Å². The largest absolute Gasteiger partial charge is 0.481 e. The van der Waals surface area contributed by atoms with Gasteiger partial charge >= 0.3 is 5.97 Å². The van der Waals surface area contributed by atoms with E-state index in [1.807, 2.05) is 0 Å². The molecule has 0 spiro atoms. The molecule has 0 aliphatic rings. The van der Waals surface area contributed by atoms with E-state index in [-0.39, 0.29) is 5.48 Å². The zero-order chi connectivity index (χ0) is 14.9. The molecule has 0 saturated heterocycles. The summed E-state index contributed by atoms with van der Waals surface area (Å²) in [6.45, 7) is 2.15. The van der Waals surface area contributed by atoms with Crippen LogP contribution >= 0.6 is 0 Å². The summed E-state index contributed by atoms with van der Waals surface area (Å²) in [5.74, 6) is -0.675. The fourth-order valence-corrected chi connectivity index (χ4v) is 1.90. The summed E-state index contributed by atoms with van der Waals surface area (Å²) in [5.41, 5.74) is 0. The van der Waals surface area contributed by atoms with Crippen LogP contribution in [-0.4, -0.2) is 16.6 Å². The number of aliphatic carboxylic acids is 1. The molecule has 0 heterocycles. The van der Waals surface area contributed by atoms with E-state index in [0.717, 1.165) is 44.9 Å². The van der Waals surface area contributed by atoms with Gasteiger partial charge in [-0.05, 0) is 38.5 Å². The van der Waals surface area contributed by atoms with Gasteiger partial charge in [0.1, 0.15) is 0 Å². The first-order valence-electron chi connectivity index (χ1n) is 7.94. The van der Waals surface area contributed by atoms with Crippen LogP contribution in [0.5, 0.6) is 0 Å². The summed E-state index contributed by atoms with van der Waals surface area (Å²) in [4.78, 5) is 10.3. The molecule has 0 atom stereocenters. The highest BCUT2D eigenvalue weighted by atomic mass is 16.4. The van der Waals surface area contributed by atoms with E-state index < -0.39 is 5.97 Å². The molecule has 122 valence electrons. The number of unbranched alkanes of at least 4 members (excludes halogenated alkanes) is 5. The Kier molecular flexibility index (Phi) is 19.5. The van der Waals surface area contributed by atoms with Crippen LogP contribution in [0.25, 0.3) is 0 Å². The van der Waals surface area contributed by atoms with Crippen molar-refractivity contribution in [2.24, 2.45) is 0 Å². The number of rotatable bonds is 13. The number of carboxylic acids is 1. The van der Waals surface area contributed by atoms with E-state index in [4.69, 9.17) is 5.11 Å². The molecule has 0 aliphatic carbocycles. The monoisotopic (exact) mass is 296 g/mol. The zero-order valence-corrected chi connectivity index (χ0v) is 13.4. The van der Waals surface area contributed by atoms with Crippen molar-refractivity contribution >= 4 is 5.97 Å². The minimum atomic E-state index is -0.675. The van der Waals surface area contributed by atoms with Crippen molar-refractivity contribution in [2.45, 2.75) is 71.1 Å². The summed E-state index contributed by atoms with van der Waals surface area (Å²) in [7, 11) is 0. The molecule has 0 aromatic rings. The van der Waals surface area contributed by atoms with Crippen LogP contribution in [0, 0.1) is 0 Å². The third kappa shape index (κ3) is 21.1. The van der Waals surface area contributed by atoms with Gasteiger partial charge in [0.2, 0.25) is 0 Å². The van der Waals surface area contributed by atoms with E-state index >= 15 is 0 Å². The zero-order valence-electron chi connectivity index (χ0n) is 13.4. The van der Waals surface area contributed by atoms with Gasteiger partial charge in [-0.15, -0.1) is 0 Å². The molecule has 0 bridgehead atoms. The van der Waals surface area contributed by atoms with Gasteiger partial charge in [-0.2, -0.15) is 0 Å². The van der Waals surface area contributed by atoms with Crippen LogP contribution in [0.1, 0.15) is 71.1 Å². The molecule has 0 rings (SSSR count). The van der Waals surface area contributed by atoms with Gasteiger partial charge < -0.3 is 10.6 Å². The Labute approximate surface area is 129 Å². The smallest absolute Gasteiger partial charge is 0.303 e. The van der Waals surface area contributed by atoms with Crippen molar-refractivity contribution in [2.75, 3.05) is 0 Å². The predicted octanol–water partition coefficient (Wildman–Crippen LogP) is 4.84. The highest BCUT2D eigenvalue weighted by Crippen LogP contribution is 2.07. The van der Waals surface area contributed by atoms with Crippen molar-refractivity contribution < 1.29 is 15.4 Å². The van der Waals surface area contributed by atoms with Gasteiger partial charge in [0.25, 0.3) is 0 Å². The highest BCUT2D eigenvalue weighted by Gasteiger charge is 1.95. The van der Waals surface area contributed by atoms with Crippen LogP contribution in [0.2, 0.25) is 0 Å². The fraction of sp³-hybridized carbons (Fsp3) is 0.611. The molecule has 0 aromatic carbocycles. The minimum absolute atomic E-state index is 0. The normalized spacial score (nSPS) is 11.5. The lowest BCUT2D eigenvalue weighted by molar-refractivity contribution is -0.137. The summed E-state index contributed by atoms with van der Waals surface area (Å²) in [6, 6.07) is 0. The molecule has 3 heteroatoms. The maximum absolute atomic E-state index is 10.3. The summed E-state index contributed by atoms with van der Waals surface area (Å²) < 4.78 is 0. The first kappa shape index (κ1) is 21.9. The average molecular weight is 296 g/mol. The van der Waals surface area contributed by atoms with Gasteiger partial charge in [-0.3, -0.25) is 4.79 Å². The van der Waals surface area contributed by atoms with Crippen molar-refractivity contribution in [1.82, 2.24) is 0 Å². The second-order valence-corrected chi connectivity index (χ2v) is 4.99. The van der Waals surface area contributed by atoms with Crippen molar-refractivity contribution in [1.29, 1.82) is 0 Å². The lowest BCUT2D eigenvalue weighted by atomic mass is 10.1. The third-order valence-corrected chi connectivity index (χ3v) is 3.04. The molecule has 21 heavy (non-hydrogen) atoms. The Hall–Kier alpha value is -1.35. The Morgan fingerprint density at radius 2 is 1.33 bits per heavy atom. The van der Waals surface area contributed by atoms with Crippen molar-refractivity contribution in [3.05, 3.63) is 36.5 Å². The molecule has 0 aromatic heterocycles. The van der Waals surface area contributed by atoms with Gasteiger partial charge in [0.15, 0.2) is 0 Å². The SMILES string of the molecule is CC/C=C\C/C=C\C/C=C\CCCCCCCC(=O)O.O. The molecule has 3 N–H and O–H groups in total. The van der Waals surface area contributed by atoms with Gasteiger partial charge in [-0.25, -0.2) is 0 Å². The van der Waals surface area contributed by atoms with E-state index in [0.29, 0.717) is 6.42 Å². The maximum Gasteiger partial charge on any atom is 0.303 e. The van der Waals surface area contributed by atoms with E-state index in [9.17, 15) is 4.79 Å². The number of carboxylic acid groups (broad SMARTS) is 1. The van der Waals surface area contributed by atoms with Crippen LogP contribution in [-0.2, 0) is 4.79 Å². The van der Waals surface area contributed by atoms with Crippen LogP contribution in [0.4, 0.5) is 0 Å². The van der Waals surface area contributed by atoms with Gasteiger partial charge in [0.05, 0.1) is 0 Å². The van der Waals surface area contributed by atoms with Crippen LogP contribution < -0.4 is 0 Å². The summed E-state index contributed by atoms with van der Waals surface area (Å²) in [6.07, 6.45) is 23.4. The molecular weight excluding hydrogens is 264 g/mol. The Bertz CT molecular complexity index is 304. The maximum atomic E-state index is 10.3. The molecular formula is C18H32O3. The fourth-order valence-electron chi connectivity index (χ4n) is 1.90. The lowest BCUT2D eigenvalue weighted by Gasteiger charge is -1.98. The van der Waals surface area contributed by atoms with E-state index in [2.05, 4.69) is 43.4 Å². The van der Waals surface area contributed by atoms with E-state index in [1.165, 1.54) is 12.8 Å². The quantitative estimate of drug-likeness (QED) is 0.390. The Morgan fingerprint density at radius 3 is 1.95 bits per heavy atom. The Morgan fingerprint density at radius 1 is 0.810 bits per heavy atom. The molecule has 0 aliphatic heterocycles. The molecule has 3 nitrogen and oxygen atoms in total. The topological polar surface area (TPSA) is 68.8 Å². The number of allylic oxidation sites excluding steroid dienone is 6. The second-order valence-electron chi connectivity index (χ2n) is 4.99. The summed E-state index contributed by atoms with van der Waals surface area (Å²) >= 11 is 0.